The lowest BCUT2D eigenvalue weighted by Crippen LogP contribution is -2.13. The van der Waals surface area contributed by atoms with Gasteiger partial charge in [-0.15, -0.1) is 0 Å². The second kappa shape index (κ2) is 6.62. The van der Waals surface area contributed by atoms with Crippen LogP contribution in [0.3, 0.4) is 0 Å². The molecule has 0 aliphatic carbocycles. The predicted molar refractivity (Wildman–Crippen MR) is 92.6 cm³/mol. The fourth-order valence-corrected chi connectivity index (χ4v) is 3.87. The van der Waals surface area contributed by atoms with E-state index in [4.69, 9.17) is 11.6 Å². The third-order valence-electron chi connectivity index (χ3n) is 3.39. The van der Waals surface area contributed by atoms with Crippen LogP contribution in [0.4, 0.5) is 5.69 Å². The Hall–Kier alpha value is -2.38. The summed E-state index contributed by atoms with van der Waals surface area (Å²) in [4.78, 5) is 3.94. The summed E-state index contributed by atoms with van der Waals surface area (Å²) in [5.41, 5.74) is 2.35. The zero-order valence-electron chi connectivity index (χ0n) is 12.8. The zero-order valence-corrected chi connectivity index (χ0v) is 14.4. The van der Waals surface area contributed by atoms with Crippen LogP contribution in [0.15, 0.2) is 60.0 Å². The van der Waals surface area contributed by atoms with Gasteiger partial charge in [-0.3, -0.25) is 4.72 Å². The number of nitrogens with zero attached hydrogens (tertiary/aromatic N) is 3. The monoisotopic (exact) mass is 362 g/mol. The topological polar surface area (TPSA) is 76.9 Å². The Morgan fingerprint density at radius 3 is 2.54 bits per heavy atom. The molecular weight excluding hydrogens is 348 g/mol. The van der Waals surface area contributed by atoms with E-state index in [9.17, 15) is 8.42 Å². The smallest absolute Gasteiger partial charge is 0.263 e. The number of aryl methyl sites for hydroxylation is 1. The third-order valence-corrected chi connectivity index (χ3v) is 5.26. The van der Waals surface area contributed by atoms with E-state index in [0.29, 0.717) is 12.2 Å². The molecule has 0 bridgehead atoms. The van der Waals surface area contributed by atoms with E-state index in [0.717, 1.165) is 11.1 Å². The van der Waals surface area contributed by atoms with Gasteiger partial charge in [0, 0.05) is 5.69 Å². The van der Waals surface area contributed by atoms with Gasteiger partial charge in [-0.05, 0) is 42.3 Å². The minimum atomic E-state index is -3.73. The first-order valence-corrected chi connectivity index (χ1v) is 9.00. The highest BCUT2D eigenvalue weighted by atomic mass is 35.5. The number of aromatic nitrogens is 3. The highest BCUT2D eigenvalue weighted by Crippen LogP contribution is 2.25. The summed E-state index contributed by atoms with van der Waals surface area (Å²) in [6.07, 6.45) is 3.09. The van der Waals surface area contributed by atoms with Crippen LogP contribution in [0, 0.1) is 6.92 Å². The van der Waals surface area contributed by atoms with Crippen LogP contribution in [0.5, 0.6) is 0 Å². The molecule has 8 heteroatoms. The van der Waals surface area contributed by atoms with Gasteiger partial charge in [-0.1, -0.05) is 29.8 Å². The summed E-state index contributed by atoms with van der Waals surface area (Å²) >= 11 is 6.05. The van der Waals surface area contributed by atoms with Gasteiger partial charge >= 0.3 is 0 Å². The molecule has 1 heterocycles. The van der Waals surface area contributed by atoms with Gasteiger partial charge in [0.1, 0.15) is 17.6 Å². The molecule has 2 aromatic carbocycles. The molecule has 0 spiro atoms. The SMILES string of the molecule is Cc1ccc(S(=O)(=O)Nc2ccc(Cn3cncn3)cc2)c(Cl)c1. The maximum Gasteiger partial charge on any atom is 0.263 e. The van der Waals surface area contributed by atoms with Crippen molar-refractivity contribution in [1.82, 2.24) is 14.8 Å². The minimum absolute atomic E-state index is 0.0569. The van der Waals surface area contributed by atoms with Crippen LogP contribution in [0.2, 0.25) is 5.02 Å². The molecule has 0 saturated carbocycles. The van der Waals surface area contributed by atoms with Gasteiger partial charge in [0.2, 0.25) is 0 Å². The van der Waals surface area contributed by atoms with Crippen molar-refractivity contribution in [2.75, 3.05) is 4.72 Å². The number of sulfonamides is 1. The first-order valence-electron chi connectivity index (χ1n) is 7.14. The standard InChI is InChI=1S/C16H15ClN4O2S/c1-12-2-7-16(15(17)8-12)24(22,23)20-14-5-3-13(4-6-14)9-21-11-18-10-19-21/h2-8,10-11,20H,9H2,1H3. The van der Waals surface area contributed by atoms with Gasteiger partial charge < -0.3 is 0 Å². The molecule has 0 aliphatic heterocycles. The lowest BCUT2D eigenvalue weighted by Gasteiger charge is -2.10. The summed E-state index contributed by atoms with van der Waals surface area (Å²) < 4.78 is 29.1. The van der Waals surface area contributed by atoms with Crippen molar-refractivity contribution in [2.24, 2.45) is 0 Å². The molecule has 3 aromatic rings. The van der Waals surface area contributed by atoms with Gasteiger partial charge in [0.05, 0.1) is 11.6 Å². The van der Waals surface area contributed by atoms with Crippen LogP contribution < -0.4 is 4.72 Å². The molecule has 0 unspecified atom stereocenters. The van der Waals surface area contributed by atoms with Crippen LogP contribution in [-0.4, -0.2) is 23.2 Å². The number of halogens is 1. The molecule has 24 heavy (non-hydrogen) atoms. The quantitative estimate of drug-likeness (QED) is 0.756. The highest BCUT2D eigenvalue weighted by Gasteiger charge is 2.17. The number of nitrogens with one attached hydrogen (secondary N) is 1. The Labute approximate surface area is 145 Å². The summed E-state index contributed by atoms with van der Waals surface area (Å²) in [6, 6.07) is 11.9. The lowest BCUT2D eigenvalue weighted by molar-refractivity contribution is 0.601. The van der Waals surface area contributed by atoms with E-state index >= 15 is 0 Å². The van der Waals surface area contributed by atoms with Crippen LogP contribution >= 0.6 is 11.6 Å². The van der Waals surface area contributed by atoms with Crippen molar-refractivity contribution in [3.05, 3.63) is 71.3 Å². The normalized spacial score (nSPS) is 11.4. The first-order chi connectivity index (χ1) is 11.4. The minimum Gasteiger partial charge on any atom is -0.280 e. The fourth-order valence-electron chi connectivity index (χ4n) is 2.21. The molecule has 3 rings (SSSR count). The zero-order chi connectivity index (χ0) is 17.2. The Bertz CT molecular complexity index is 939. The first kappa shape index (κ1) is 16.5. The second-order valence-corrected chi connectivity index (χ2v) is 7.39. The van der Waals surface area contributed by atoms with Crippen molar-refractivity contribution >= 4 is 27.3 Å². The van der Waals surface area contributed by atoms with E-state index in [2.05, 4.69) is 14.8 Å². The number of hydrogen-bond donors (Lipinski definition) is 1. The number of rotatable bonds is 5. The average Bonchev–Trinajstić information content (AvgIpc) is 3.01. The van der Waals surface area contributed by atoms with Gasteiger partial charge in [-0.25, -0.2) is 18.1 Å². The third kappa shape index (κ3) is 3.74. The van der Waals surface area contributed by atoms with E-state index in [1.165, 1.54) is 12.4 Å². The maximum absolute atomic E-state index is 12.5. The molecule has 0 aliphatic rings. The Balaban J connectivity index is 1.77. The largest absolute Gasteiger partial charge is 0.280 e. The van der Waals surface area contributed by atoms with Gasteiger partial charge in [0.15, 0.2) is 0 Å². The predicted octanol–water partition coefficient (Wildman–Crippen LogP) is 3.09. The summed E-state index contributed by atoms with van der Waals surface area (Å²) in [7, 11) is -3.73. The number of anilines is 1. The Morgan fingerprint density at radius 2 is 1.92 bits per heavy atom. The van der Waals surface area contributed by atoms with Crippen LogP contribution in [0.1, 0.15) is 11.1 Å². The number of benzene rings is 2. The fraction of sp³-hybridized carbons (Fsp3) is 0.125. The molecular formula is C16H15ClN4O2S. The molecule has 0 saturated heterocycles. The molecule has 0 fully saturated rings. The van der Waals surface area contributed by atoms with Crippen LogP contribution in [-0.2, 0) is 16.6 Å². The Kier molecular flexibility index (Phi) is 4.55. The molecule has 1 aromatic heterocycles. The van der Waals surface area contributed by atoms with Crippen molar-refractivity contribution < 1.29 is 8.42 Å². The number of hydrogen-bond acceptors (Lipinski definition) is 4. The molecule has 1 N–H and O–H groups in total. The van der Waals surface area contributed by atoms with Crippen molar-refractivity contribution in [2.45, 2.75) is 18.4 Å². The van der Waals surface area contributed by atoms with Crippen LogP contribution in [0.25, 0.3) is 0 Å². The molecule has 0 radical (unpaired) electrons. The molecule has 0 amide bonds. The highest BCUT2D eigenvalue weighted by molar-refractivity contribution is 7.92. The van der Waals surface area contributed by atoms with E-state index in [-0.39, 0.29) is 9.92 Å². The molecule has 0 atom stereocenters. The summed E-state index contributed by atoms with van der Waals surface area (Å²) in [5.74, 6) is 0. The Morgan fingerprint density at radius 1 is 1.17 bits per heavy atom. The van der Waals surface area contributed by atoms with Gasteiger partial charge in [-0.2, -0.15) is 5.10 Å². The lowest BCUT2D eigenvalue weighted by atomic mass is 10.2. The maximum atomic E-state index is 12.5. The second-order valence-electron chi connectivity index (χ2n) is 5.33. The summed E-state index contributed by atoms with van der Waals surface area (Å²) in [5, 5.41) is 4.23. The van der Waals surface area contributed by atoms with E-state index in [1.807, 2.05) is 19.1 Å². The van der Waals surface area contributed by atoms with Crippen molar-refractivity contribution in [1.29, 1.82) is 0 Å². The van der Waals surface area contributed by atoms with Crippen molar-refractivity contribution in [3.8, 4) is 0 Å². The van der Waals surface area contributed by atoms with Crippen molar-refractivity contribution in [3.63, 3.8) is 0 Å². The van der Waals surface area contributed by atoms with E-state index < -0.39 is 10.0 Å². The van der Waals surface area contributed by atoms with E-state index in [1.54, 1.807) is 35.3 Å². The van der Waals surface area contributed by atoms with Gasteiger partial charge in [0.25, 0.3) is 10.0 Å². The average molecular weight is 363 g/mol. The molecule has 124 valence electrons. The molecule has 6 nitrogen and oxygen atoms in total. The summed E-state index contributed by atoms with van der Waals surface area (Å²) in [6.45, 7) is 2.42.